The van der Waals surface area contributed by atoms with E-state index in [2.05, 4.69) is 0 Å². The molecule has 0 bridgehead atoms. The lowest BCUT2D eigenvalue weighted by Gasteiger charge is -2.12. The van der Waals surface area contributed by atoms with Crippen molar-refractivity contribution < 1.29 is 14.3 Å². The summed E-state index contributed by atoms with van der Waals surface area (Å²) in [5.74, 6) is -2.06. The van der Waals surface area contributed by atoms with Crippen LogP contribution in [0.3, 0.4) is 0 Å². The molecule has 0 fully saturated rings. The second-order valence-electron chi connectivity index (χ2n) is 3.98. The maximum Gasteiger partial charge on any atom is 0.338 e. The Labute approximate surface area is 107 Å². The van der Waals surface area contributed by atoms with E-state index in [0.29, 0.717) is 0 Å². The summed E-state index contributed by atoms with van der Waals surface area (Å²) < 4.78 is 14.7. The highest BCUT2D eigenvalue weighted by Crippen LogP contribution is 2.21. The van der Waals surface area contributed by atoms with Crippen LogP contribution in [-0.4, -0.2) is 15.6 Å². The van der Waals surface area contributed by atoms with E-state index >= 15 is 0 Å². The number of nitriles is 1. The number of rotatable bonds is 2. The Morgan fingerprint density at radius 3 is 2.79 bits per heavy atom. The van der Waals surface area contributed by atoms with Crippen molar-refractivity contribution in [1.82, 2.24) is 4.57 Å². The quantitative estimate of drug-likeness (QED) is 0.890. The van der Waals surface area contributed by atoms with Gasteiger partial charge in [-0.05, 0) is 13.0 Å². The monoisotopic (exact) mass is 260 g/mol. The average Bonchev–Trinajstić information content (AvgIpc) is 2.34. The first kappa shape index (κ1) is 12.8. The number of hydrogen-bond acceptors (Lipinski definition) is 3. The molecule has 0 saturated carbocycles. The van der Waals surface area contributed by atoms with Gasteiger partial charge in [-0.1, -0.05) is 12.1 Å². The van der Waals surface area contributed by atoms with E-state index in [4.69, 9.17) is 5.26 Å². The normalized spacial score (nSPS) is 10.4. The number of carboxylic acids is 1. The lowest BCUT2D eigenvalue weighted by molar-refractivity contribution is 0.0697. The van der Waals surface area contributed by atoms with Crippen LogP contribution in [0.2, 0.25) is 0 Å². The van der Waals surface area contributed by atoms with Gasteiger partial charge >= 0.3 is 5.97 Å². The second-order valence-corrected chi connectivity index (χ2v) is 3.98. The molecule has 0 aliphatic heterocycles. The molecular formula is C13H9FN2O3. The molecule has 0 amide bonds. The minimum Gasteiger partial charge on any atom is -0.478 e. The molecule has 19 heavy (non-hydrogen) atoms. The van der Waals surface area contributed by atoms with Crippen LogP contribution in [-0.2, 0) is 6.54 Å². The SMILES string of the molecule is Cc1c(C(=O)O)c2cccc(F)c2c(=O)n1CC#N. The Hall–Kier alpha value is -2.68. The highest BCUT2D eigenvalue weighted by Gasteiger charge is 2.20. The number of carbonyl (C=O) groups is 1. The summed E-state index contributed by atoms with van der Waals surface area (Å²) in [6, 6.07) is 5.58. The van der Waals surface area contributed by atoms with Gasteiger partial charge in [-0.25, -0.2) is 9.18 Å². The Kier molecular flexibility index (Phi) is 3.05. The van der Waals surface area contributed by atoms with Gasteiger partial charge in [0.1, 0.15) is 12.4 Å². The standard InChI is InChI=1S/C13H9FN2O3/c1-7-10(13(18)19)8-3-2-4-9(14)11(8)12(17)16(7)6-5-15/h2-4H,6H2,1H3,(H,18,19). The lowest BCUT2D eigenvalue weighted by Crippen LogP contribution is -2.26. The minimum absolute atomic E-state index is 0.0455. The van der Waals surface area contributed by atoms with E-state index in [-0.39, 0.29) is 28.6 Å². The molecule has 5 nitrogen and oxygen atoms in total. The van der Waals surface area contributed by atoms with Crippen LogP contribution in [0, 0.1) is 24.1 Å². The summed E-state index contributed by atoms with van der Waals surface area (Å²) >= 11 is 0. The van der Waals surface area contributed by atoms with Gasteiger partial charge in [-0.15, -0.1) is 0 Å². The molecule has 0 unspecified atom stereocenters. The van der Waals surface area contributed by atoms with E-state index in [1.165, 1.54) is 19.1 Å². The number of aromatic carboxylic acids is 1. The average molecular weight is 260 g/mol. The summed E-state index contributed by atoms with van der Waals surface area (Å²) in [7, 11) is 0. The molecule has 0 saturated heterocycles. The molecule has 0 atom stereocenters. The molecule has 1 aromatic carbocycles. The third-order valence-corrected chi connectivity index (χ3v) is 2.95. The molecule has 0 radical (unpaired) electrons. The van der Waals surface area contributed by atoms with Gasteiger partial charge in [0.05, 0.1) is 17.0 Å². The summed E-state index contributed by atoms with van der Waals surface area (Å²) in [6.07, 6.45) is 0. The molecule has 1 heterocycles. The molecular weight excluding hydrogens is 251 g/mol. The molecule has 0 aliphatic rings. The van der Waals surface area contributed by atoms with E-state index in [1.807, 2.05) is 0 Å². The molecule has 1 N–H and O–H groups in total. The van der Waals surface area contributed by atoms with Crippen LogP contribution in [0.5, 0.6) is 0 Å². The number of hydrogen-bond donors (Lipinski definition) is 1. The molecule has 6 heteroatoms. The smallest absolute Gasteiger partial charge is 0.338 e. The molecule has 96 valence electrons. The zero-order valence-electron chi connectivity index (χ0n) is 9.98. The third kappa shape index (κ3) is 1.85. The third-order valence-electron chi connectivity index (χ3n) is 2.95. The number of aromatic nitrogens is 1. The van der Waals surface area contributed by atoms with Crippen molar-refractivity contribution in [2.75, 3.05) is 0 Å². The van der Waals surface area contributed by atoms with Gasteiger partial charge in [0.15, 0.2) is 0 Å². The number of benzene rings is 1. The maximum absolute atomic E-state index is 13.8. The van der Waals surface area contributed by atoms with E-state index < -0.39 is 17.3 Å². The van der Waals surface area contributed by atoms with Crippen molar-refractivity contribution in [2.24, 2.45) is 0 Å². The van der Waals surface area contributed by atoms with Gasteiger partial charge in [-0.2, -0.15) is 5.26 Å². The van der Waals surface area contributed by atoms with Crippen LogP contribution in [0.15, 0.2) is 23.0 Å². The van der Waals surface area contributed by atoms with E-state index in [0.717, 1.165) is 10.6 Å². The van der Waals surface area contributed by atoms with Crippen LogP contribution < -0.4 is 5.56 Å². The van der Waals surface area contributed by atoms with Gasteiger partial charge < -0.3 is 5.11 Å². The Morgan fingerprint density at radius 1 is 1.53 bits per heavy atom. The Morgan fingerprint density at radius 2 is 2.21 bits per heavy atom. The van der Waals surface area contributed by atoms with Gasteiger partial charge in [-0.3, -0.25) is 9.36 Å². The predicted molar refractivity (Wildman–Crippen MR) is 65.5 cm³/mol. The van der Waals surface area contributed by atoms with Gasteiger partial charge in [0.2, 0.25) is 0 Å². The van der Waals surface area contributed by atoms with Crippen molar-refractivity contribution in [3.8, 4) is 6.07 Å². The van der Waals surface area contributed by atoms with Gasteiger partial charge in [0, 0.05) is 11.1 Å². The number of fused-ring (bicyclic) bond motifs is 1. The lowest BCUT2D eigenvalue weighted by atomic mass is 10.0. The first-order chi connectivity index (χ1) is 8.99. The van der Waals surface area contributed by atoms with E-state index in [9.17, 15) is 19.1 Å². The number of pyridine rings is 1. The first-order valence-corrected chi connectivity index (χ1v) is 5.41. The molecule has 2 rings (SSSR count). The topological polar surface area (TPSA) is 83.1 Å². The second kappa shape index (κ2) is 4.53. The molecule has 0 aliphatic carbocycles. The molecule has 0 spiro atoms. The van der Waals surface area contributed by atoms with Crippen LogP contribution in [0.1, 0.15) is 16.1 Å². The fraction of sp³-hybridized carbons (Fsp3) is 0.154. The van der Waals surface area contributed by atoms with Crippen LogP contribution >= 0.6 is 0 Å². The highest BCUT2D eigenvalue weighted by atomic mass is 19.1. The first-order valence-electron chi connectivity index (χ1n) is 5.41. The summed E-state index contributed by atoms with van der Waals surface area (Å²) in [6.45, 7) is 1.10. The fourth-order valence-corrected chi connectivity index (χ4v) is 2.10. The van der Waals surface area contributed by atoms with Crippen molar-refractivity contribution in [1.29, 1.82) is 5.26 Å². The van der Waals surface area contributed by atoms with Crippen molar-refractivity contribution in [3.63, 3.8) is 0 Å². The van der Waals surface area contributed by atoms with Crippen molar-refractivity contribution in [3.05, 3.63) is 45.6 Å². The summed E-state index contributed by atoms with van der Waals surface area (Å²) in [4.78, 5) is 23.4. The highest BCUT2D eigenvalue weighted by molar-refractivity contribution is 6.04. The van der Waals surface area contributed by atoms with Gasteiger partial charge in [0.25, 0.3) is 5.56 Å². The van der Waals surface area contributed by atoms with E-state index in [1.54, 1.807) is 6.07 Å². The zero-order chi connectivity index (χ0) is 14.2. The van der Waals surface area contributed by atoms with Crippen molar-refractivity contribution >= 4 is 16.7 Å². The summed E-state index contributed by atoms with van der Waals surface area (Å²) in [5, 5.41) is 17.6. The Balaban J connectivity index is 3.09. The number of halogens is 1. The number of carboxylic acid groups (broad SMARTS) is 1. The fourth-order valence-electron chi connectivity index (χ4n) is 2.10. The molecule has 1 aromatic heterocycles. The Bertz CT molecular complexity index is 787. The minimum atomic E-state index is -1.26. The molecule has 2 aromatic rings. The van der Waals surface area contributed by atoms with Crippen molar-refractivity contribution in [2.45, 2.75) is 13.5 Å². The summed E-state index contributed by atoms with van der Waals surface area (Å²) in [5.41, 5.74) is -0.723. The van der Waals surface area contributed by atoms with Crippen LogP contribution in [0.25, 0.3) is 10.8 Å². The number of nitrogens with zero attached hydrogens (tertiary/aromatic N) is 2. The maximum atomic E-state index is 13.8. The zero-order valence-corrected chi connectivity index (χ0v) is 9.98. The largest absolute Gasteiger partial charge is 0.478 e. The predicted octanol–water partition coefficient (Wildman–Crippen LogP) is 1.67. The van der Waals surface area contributed by atoms with Crippen LogP contribution in [0.4, 0.5) is 4.39 Å².